The van der Waals surface area contributed by atoms with E-state index in [2.05, 4.69) is 35.9 Å². The van der Waals surface area contributed by atoms with Gasteiger partial charge in [0.05, 0.1) is 0 Å². The molecule has 1 N–H and O–H groups in total. The summed E-state index contributed by atoms with van der Waals surface area (Å²) in [5.41, 5.74) is 0. The minimum absolute atomic E-state index is 0.732. The van der Waals surface area contributed by atoms with Crippen molar-refractivity contribution in [3.05, 3.63) is 0 Å². The molecule has 2 unspecified atom stereocenters. The predicted octanol–water partition coefficient (Wildman–Crippen LogP) is 1.65. The van der Waals surface area contributed by atoms with Gasteiger partial charge in [-0.3, -0.25) is 4.90 Å². The first kappa shape index (κ1) is 14.3. The minimum atomic E-state index is 0.732. The van der Waals surface area contributed by atoms with E-state index in [9.17, 15) is 0 Å². The summed E-state index contributed by atoms with van der Waals surface area (Å²) >= 11 is 0. The smallest absolute Gasteiger partial charge is 0.0220 e. The van der Waals surface area contributed by atoms with Crippen LogP contribution >= 0.6 is 0 Å². The Hall–Kier alpha value is -0.120. The third-order valence-electron chi connectivity index (χ3n) is 4.47. The van der Waals surface area contributed by atoms with E-state index in [0.717, 1.165) is 17.9 Å². The van der Waals surface area contributed by atoms with E-state index in [1.165, 1.54) is 58.7 Å². The topological polar surface area (TPSA) is 18.5 Å². The van der Waals surface area contributed by atoms with Crippen LogP contribution in [0.2, 0.25) is 0 Å². The molecule has 0 bridgehead atoms. The molecule has 2 aliphatic heterocycles. The zero-order chi connectivity index (χ0) is 13.0. The van der Waals surface area contributed by atoms with Crippen molar-refractivity contribution in [3.8, 4) is 0 Å². The van der Waals surface area contributed by atoms with E-state index < -0.39 is 0 Å². The molecule has 18 heavy (non-hydrogen) atoms. The zero-order valence-electron chi connectivity index (χ0n) is 12.5. The van der Waals surface area contributed by atoms with Crippen molar-refractivity contribution in [2.75, 3.05) is 45.8 Å². The highest BCUT2D eigenvalue weighted by Crippen LogP contribution is 2.17. The van der Waals surface area contributed by atoms with Gasteiger partial charge in [0.25, 0.3) is 0 Å². The normalized spacial score (nSPS) is 32.0. The van der Waals surface area contributed by atoms with E-state index in [4.69, 9.17) is 0 Å². The second-order valence-corrected chi connectivity index (χ2v) is 6.68. The van der Waals surface area contributed by atoms with Crippen LogP contribution in [0.3, 0.4) is 0 Å². The molecule has 0 radical (unpaired) electrons. The monoisotopic (exact) mass is 253 g/mol. The van der Waals surface area contributed by atoms with Gasteiger partial charge in [0.15, 0.2) is 0 Å². The van der Waals surface area contributed by atoms with Gasteiger partial charge in [-0.25, -0.2) is 0 Å². The molecule has 2 atom stereocenters. The molecule has 2 rings (SSSR count). The second-order valence-electron chi connectivity index (χ2n) is 6.68. The summed E-state index contributed by atoms with van der Waals surface area (Å²) in [7, 11) is 0. The standard InChI is InChI=1S/C15H31N3/c1-13(2)11-17-7-9-18(10-8-17)12-15-14(3)5-4-6-16-15/h13-16H,4-12H2,1-3H3. The van der Waals surface area contributed by atoms with Crippen LogP contribution in [-0.2, 0) is 0 Å². The Morgan fingerprint density at radius 2 is 1.78 bits per heavy atom. The Labute approximate surface area is 113 Å². The Morgan fingerprint density at radius 3 is 2.39 bits per heavy atom. The van der Waals surface area contributed by atoms with Gasteiger partial charge in [-0.2, -0.15) is 0 Å². The Morgan fingerprint density at radius 1 is 1.11 bits per heavy atom. The van der Waals surface area contributed by atoms with Gasteiger partial charge in [0, 0.05) is 45.3 Å². The molecule has 0 aliphatic carbocycles. The number of hydrogen-bond donors (Lipinski definition) is 1. The summed E-state index contributed by atoms with van der Waals surface area (Å²) in [5.74, 6) is 1.66. The molecule has 3 heteroatoms. The van der Waals surface area contributed by atoms with E-state index in [0.29, 0.717) is 0 Å². The van der Waals surface area contributed by atoms with Gasteiger partial charge < -0.3 is 10.2 Å². The van der Waals surface area contributed by atoms with Crippen LogP contribution in [0.15, 0.2) is 0 Å². The lowest BCUT2D eigenvalue weighted by Gasteiger charge is -2.39. The molecular weight excluding hydrogens is 222 g/mol. The van der Waals surface area contributed by atoms with Gasteiger partial charge in [-0.05, 0) is 31.2 Å². The third kappa shape index (κ3) is 4.22. The Balaban J connectivity index is 1.69. The highest BCUT2D eigenvalue weighted by atomic mass is 15.3. The van der Waals surface area contributed by atoms with Crippen LogP contribution in [0.5, 0.6) is 0 Å². The van der Waals surface area contributed by atoms with Crippen LogP contribution < -0.4 is 5.32 Å². The van der Waals surface area contributed by atoms with Gasteiger partial charge in [-0.15, -0.1) is 0 Å². The molecule has 2 saturated heterocycles. The highest BCUT2D eigenvalue weighted by Gasteiger charge is 2.25. The zero-order valence-corrected chi connectivity index (χ0v) is 12.5. The molecule has 106 valence electrons. The first-order chi connectivity index (χ1) is 8.65. The predicted molar refractivity (Wildman–Crippen MR) is 77.9 cm³/mol. The first-order valence-electron chi connectivity index (χ1n) is 7.83. The second kappa shape index (κ2) is 6.88. The molecule has 2 aliphatic rings. The average Bonchev–Trinajstić information content (AvgIpc) is 2.34. The van der Waals surface area contributed by atoms with Crippen molar-refractivity contribution >= 4 is 0 Å². The van der Waals surface area contributed by atoms with Crippen molar-refractivity contribution in [2.45, 2.75) is 39.7 Å². The van der Waals surface area contributed by atoms with Crippen LogP contribution in [-0.4, -0.2) is 61.7 Å². The summed E-state index contributed by atoms with van der Waals surface area (Å²) < 4.78 is 0. The lowest BCUT2D eigenvalue weighted by Crippen LogP contribution is -2.53. The lowest BCUT2D eigenvalue weighted by molar-refractivity contribution is 0.102. The van der Waals surface area contributed by atoms with Crippen molar-refractivity contribution < 1.29 is 0 Å². The Kier molecular flexibility index (Phi) is 5.46. The largest absolute Gasteiger partial charge is 0.312 e. The average molecular weight is 253 g/mol. The van der Waals surface area contributed by atoms with E-state index in [-0.39, 0.29) is 0 Å². The maximum atomic E-state index is 3.70. The van der Waals surface area contributed by atoms with Crippen molar-refractivity contribution in [1.82, 2.24) is 15.1 Å². The van der Waals surface area contributed by atoms with Crippen molar-refractivity contribution in [3.63, 3.8) is 0 Å². The van der Waals surface area contributed by atoms with Crippen LogP contribution in [0, 0.1) is 11.8 Å². The molecule has 2 fully saturated rings. The first-order valence-corrected chi connectivity index (χ1v) is 7.83. The van der Waals surface area contributed by atoms with Gasteiger partial charge in [0.2, 0.25) is 0 Å². The van der Waals surface area contributed by atoms with Crippen LogP contribution in [0.1, 0.15) is 33.6 Å². The van der Waals surface area contributed by atoms with Crippen LogP contribution in [0.4, 0.5) is 0 Å². The van der Waals surface area contributed by atoms with Crippen molar-refractivity contribution in [2.24, 2.45) is 11.8 Å². The molecule has 3 nitrogen and oxygen atoms in total. The molecule has 0 aromatic rings. The summed E-state index contributed by atoms with van der Waals surface area (Å²) in [6.07, 6.45) is 2.77. The van der Waals surface area contributed by atoms with Crippen LogP contribution in [0.25, 0.3) is 0 Å². The number of rotatable bonds is 4. The van der Waals surface area contributed by atoms with E-state index in [1.54, 1.807) is 0 Å². The molecule has 0 aromatic heterocycles. The fraction of sp³-hybridized carbons (Fsp3) is 1.00. The van der Waals surface area contributed by atoms with Crippen molar-refractivity contribution in [1.29, 1.82) is 0 Å². The summed E-state index contributed by atoms with van der Waals surface area (Å²) in [6, 6.07) is 0.732. The fourth-order valence-electron chi connectivity index (χ4n) is 3.31. The Bertz CT molecular complexity index is 234. The maximum Gasteiger partial charge on any atom is 0.0220 e. The summed E-state index contributed by atoms with van der Waals surface area (Å²) in [5, 5.41) is 3.70. The molecule has 0 aromatic carbocycles. The number of piperazine rings is 1. The number of nitrogens with one attached hydrogen (secondary N) is 1. The molecule has 2 heterocycles. The SMILES string of the molecule is CC(C)CN1CCN(CC2NCCCC2C)CC1. The van der Waals surface area contributed by atoms with Gasteiger partial charge >= 0.3 is 0 Å². The highest BCUT2D eigenvalue weighted by molar-refractivity contribution is 4.83. The van der Waals surface area contributed by atoms with E-state index in [1.807, 2.05) is 0 Å². The molecular formula is C15H31N3. The number of piperidine rings is 1. The maximum absolute atomic E-state index is 3.70. The molecule has 0 spiro atoms. The fourth-order valence-corrected chi connectivity index (χ4v) is 3.31. The quantitative estimate of drug-likeness (QED) is 0.822. The lowest BCUT2D eigenvalue weighted by atomic mass is 9.92. The third-order valence-corrected chi connectivity index (χ3v) is 4.47. The summed E-state index contributed by atoms with van der Waals surface area (Å²) in [4.78, 5) is 5.29. The van der Waals surface area contributed by atoms with Gasteiger partial charge in [0.1, 0.15) is 0 Å². The van der Waals surface area contributed by atoms with Gasteiger partial charge in [-0.1, -0.05) is 20.8 Å². The molecule has 0 amide bonds. The minimum Gasteiger partial charge on any atom is -0.312 e. The number of nitrogens with zero attached hydrogens (tertiary/aromatic N) is 2. The van der Waals surface area contributed by atoms with E-state index >= 15 is 0 Å². The number of hydrogen-bond acceptors (Lipinski definition) is 3. The molecule has 0 saturated carbocycles. The summed E-state index contributed by atoms with van der Waals surface area (Å²) in [6.45, 7) is 15.9.